The van der Waals surface area contributed by atoms with Crippen LogP contribution in [0.1, 0.15) is 50.1 Å². The molecule has 0 unspecified atom stereocenters. The first-order valence-electron chi connectivity index (χ1n) is 16.2. The van der Waals surface area contributed by atoms with Crippen molar-refractivity contribution < 1.29 is 4.42 Å². The summed E-state index contributed by atoms with van der Waals surface area (Å²) in [7, 11) is 0. The molecule has 7 aromatic carbocycles. The Labute approximate surface area is 267 Å². The average Bonchev–Trinajstić information content (AvgIpc) is 3.72. The summed E-state index contributed by atoms with van der Waals surface area (Å²) in [5.41, 5.74) is 18.3. The molecule has 46 heavy (non-hydrogen) atoms. The summed E-state index contributed by atoms with van der Waals surface area (Å²) in [4.78, 5) is 0. The fourth-order valence-corrected chi connectivity index (χ4v) is 9.73. The Morgan fingerprint density at radius 1 is 0.370 bits per heavy atom. The third-order valence-electron chi connectivity index (χ3n) is 11.3. The number of aryl methyl sites for hydroxylation is 1. The normalized spacial score (nSPS) is 15.4. The first kappa shape index (κ1) is 24.6. The van der Waals surface area contributed by atoms with Crippen LogP contribution < -0.4 is 0 Å². The van der Waals surface area contributed by atoms with Crippen LogP contribution >= 0.6 is 0 Å². The summed E-state index contributed by atoms with van der Waals surface area (Å²) in [6, 6.07) is 56.8. The SMILES string of the molecule is Cc1cccc2c1-c1cc3c(cc1C21c2ccccc2C2(c4ccccc4-c4ccccc42)c2ccccc21)oc1ccccc13. The van der Waals surface area contributed by atoms with Crippen molar-refractivity contribution in [3.05, 3.63) is 202 Å². The van der Waals surface area contributed by atoms with Crippen molar-refractivity contribution in [2.45, 2.75) is 17.8 Å². The molecule has 0 aliphatic heterocycles. The van der Waals surface area contributed by atoms with Crippen molar-refractivity contribution in [1.29, 1.82) is 0 Å². The van der Waals surface area contributed by atoms with E-state index in [-0.39, 0.29) is 0 Å². The van der Waals surface area contributed by atoms with Crippen molar-refractivity contribution in [2.24, 2.45) is 0 Å². The van der Waals surface area contributed by atoms with E-state index >= 15 is 0 Å². The van der Waals surface area contributed by atoms with Gasteiger partial charge >= 0.3 is 0 Å². The number of para-hydroxylation sites is 1. The molecule has 0 bridgehead atoms. The van der Waals surface area contributed by atoms with Gasteiger partial charge in [0.1, 0.15) is 11.2 Å². The Balaban J connectivity index is 1.36. The minimum absolute atomic E-state index is 0.429. The Morgan fingerprint density at radius 2 is 0.870 bits per heavy atom. The average molecular weight is 585 g/mol. The molecule has 3 aliphatic carbocycles. The molecule has 0 N–H and O–H groups in total. The lowest BCUT2D eigenvalue weighted by Crippen LogP contribution is -2.43. The van der Waals surface area contributed by atoms with Crippen LogP contribution in [0, 0.1) is 6.92 Å². The van der Waals surface area contributed by atoms with Crippen LogP contribution in [0.4, 0.5) is 0 Å². The van der Waals surface area contributed by atoms with Crippen molar-refractivity contribution >= 4 is 21.9 Å². The van der Waals surface area contributed by atoms with Gasteiger partial charge in [-0.3, -0.25) is 0 Å². The molecule has 0 fully saturated rings. The largest absolute Gasteiger partial charge is 0.456 e. The van der Waals surface area contributed by atoms with Crippen LogP contribution in [0.15, 0.2) is 156 Å². The van der Waals surface area contributed by atoms with Crippen LogP contribution in [-0.4, -0.2) is 0 Å². The highest BCUT2D eigenvalue weighted by Crippen LogP contribution is 2.67. The van der Waals surface area contributed by atoms with Gasteiger partial charge in [-0.25, -0.2) is 0 Å². The molecule has 0 saturated heterocycles. The highest BCUT2D eigenvalue weighted by molar-refractivity contribution is 6.08. The van der Waals surface area contributed by atoms with Gasteiger partial charge in [0.2, 0.25) is 0 Å². The van der Waals surface area contributed by atoms with E-state index in [9.17, 15) is 0 Å². The summed E-state index contributed by atoms with van der Waals surface area (Å²) < 4.78 is 6.60. The van der Waals surface area contributed by atoms with Crippen LogP contribution in [0.3, 0.4) is 0 Å². The van der Waals surface area contributed by atoms with E-state index in [1.165, 1.54) is 83.1 Å². The quantitative estimate of drug-likeness (QED) is 0.173. The molecular weight excluding hydrogens is 556 g/mol. The second-order valence-corrected chi connectivity index (χ2v) is 13.2. The van der Waals surface area contributed by atoms with Crippen molar-refractivity contribution in [1.82, 2.24) is 0 Å². The lowest BCUT2D eigenvalue weighted by atomic mass is 9.52. The van der Waals surface area contributed by atoms with Gasteiger partial charge in [-0.05, 0) is 97.4 Å². The standard InChI is InChI=1S/C45H28O/c1-27-13-12-23-39-43(27)32-25-31-30-16-4-11-24-41(30)46-42(31)26-40(32)45(39)37-21-9-7-19-35(37)44(36-20-8-10-22-38(36)45)33-17-5-2-14-28(33)29-15-3-6-18-34(29)44/h2-26H,1H3. The zero-order valence-electron chi connectivity index (χ0n) is 25.3. The molecule has 0 atom stereocenters. The molecule has 11 rings (SSSR count). The number of rotatable bonds is 0. The number of hydrogen-bond acceptors (Lipinski definition) is 1. The lowest BCUT2D eigenvalue weighted by molar-refractivity contribution is 0.630. The second kappa shape index (κ2) is 8.33. The summed E-state index contributed by atoms with van der Waals surface area (Å²) in [6.45, 7) is 2.27. The van der Waals surface area contributed by atoms with Crippen molar-refractivity contribution in [3.63, 3.8) is 0 Å². The summed E-state index contributed by atoms with van der Waals surface area (Å²) >= 11 is 0. The lowest BCUT2D eigenvalue weighted by Gasteiger charge is -2.48. The first-order chi connectivity index (χ1) is 22.7. The minimum atomic E-state index is -0.505. The van der Waals surface area contributed by atoms with Crippen LogP contribution in [0.2, 0.25) is 0 Å². The molecule has 214 valence electrons. The fourth-order valence-electron chi connectivity index (χ4n) is 9.73. The minimum Gasteiger partial charge on any atom is -0.456 e. The molecule has 1 heteroatoms. The summed E-state index contributed by atoms with van der Waals surface area (Å²) in [5, 5.41) is 2.34. The van der Waals surface area contributed by atoms with E-state index in [1.54, 1.807) is 0 Å². The van der Waals surface area contributed by atoms with Crippen LogP contribution in [-0.2, 0) is 10.8 Å². The number of hydrogen-bond donors (Lipinski definition) is 0. The maximum atomic E-state index is 6.60. The van der Waals surface area contributed by atoms with E-state index in [2.05, 4.69) is 159 Å². The van der Waals surface area contributed by atoms with Crippen LogP contribution in [0.5, 0.6) is 0 Å². The van der Waals surface area contributed by atoms with Gasteiger partial charge in [0.15, 0.2) is 0 Å². The highest BCUT2D eigenvalue weighted by Gasteiger charge is 2.59. The molecule has 2 spiro atoms. The van der Waals surface area contributed by atoms with E-state index in [1.807, 2.05) is 0 Å². The maximum Gasteiger partial charge on any atom is 0.135 e. The van der Waals surface area contributed by atoms with E-state index in [0.717, 1.165) is 11.2 Å². The predicted octanol–water partition coefficient (Wildman–Crippen LogP) is 10.9. The van der Waals surface area contributed by atoms with Gasteiger partial charge in [0.05, 0.1) is 10.8 Å². The molecule has 8 aromatic rings. The fraction of sp³-hybridized carbons (Fsp3) is 0.0667. The molecule has 1 aromatic heterocycles. The Bertz CT molecular complexity index is 2520. The van der Waals surface area contributed by atoms with Gasteiger partial charge in [0.25, 0.3) is 0 Å². The Hall–Kier alpha value is -5.66. The number of benzene rings is 7. The highest BCUT2D eigenvalue weighted by atomic mass is 16.3. The molecule has 1 nitrogen and oxygen atoms in total. The van der Waals surface area contributed by atoms with Crippen molar-refractivity contribution in [2.75, 3.05) is 0 Å². The Morgan fingerprint density at radius 3 is 1.50 bits per heavy atom. The van der Waals surface area contributed by atoms with E-state index in [4.69, 9.17) is 4.42 Å². The predicted molar refractivity (Wildman–Crippen MR) is 187 cm³/mol. The first-order valence-corrected chi connectivity index (χ1v) is 16.2. The third-order valence-corrected chi connectivity index (χ3v) is 11.3. The van der Waals surface area contributed by atoms with Gasteiger partial charge in [-0.15, -0.1) is 0 Å². The van der Waals surface area contributed by atoms with Gasteiger partial charge in [-0.1, -0.05) is 133 Å². The monoisotopic (exact) mass is 584 g/mol. The smallest absolute Gasteiger partial charge is 0.135 e. The number of fused-ring (bicyclic) bond motifs is 19. The zero-order valence-corrected chi connectivity index (χ0v) is 25.3. The van der Waals surface area contributed by atoms with Crippen molar-refractivity contribution in [3.8, 4) is 22.3 Å². The van der Waals surface area contributed by atoms with Crippen LogP contribution in [0.25, 0.3) is 44.2 Å². The second-order valence-electron chi connectivity index (χ2n) is 13.2. The molecule has 0 amide bonds. The van der Waals surface area contributed by atoms with Gasteiger partial charge in [0, 0.05) is 10.8 Å². The summed E-state index contributed by atoms with van der Waals surface area (Å²) in [5.74, 6) is 0. The van der Waals surface area contributed by atoms with Gasteiger partial charge < -0.3 is 4.42 Å². The van der Waals surface area contributed by atoms with E-state index < -0.39 is 10.8 Å². The topological polar surface area (TPSA) is 13.1 Å². The molecule has 0 radical (unpaired) electrons. The molecule has 3 aliphatic rings. The summed E-state index contributed by atoms with van der Waals surface area (Å²) in [6.07, 6.45) is 0. The zero-order chi connectivity index (χ0) is 30.2. The van der Waals surface area contributed by atoms with E-state index in [0.29, 0.717) is 0 Å². The maximum absolute atomic E-state index is 6.60. The number of furan rings is 1. The third kappa shape index (κ3) is 2.60. The van der Waals surface area contributed by atoms with Gasteiger partial charge in [-0.2, -0.15) is 0 Å². The Kier molecular flexibility index (Phi) is 4.46. The molecular formula is C45H28O. The molecule has 1 heterocycles. The molecule has 0 saturated carbocycles.